The summed E-state index contributed by atoms with van der Waals surface area (Å²) in [6, 6.07) is 19.9. The minimum Gasteiger partial charge on any atom is -0.356 e. The maximum Gasteiger partial charge on any atom is 0.142 e. The monoisotopic (exact) mass is 407 g/mol. The van der Waals surface area contributed by atoms with Crippen molar-refractivity contribution in [1.82, 2.24) is 19.9 Å². The zero-order valence-electron chi connectivity index (χ0n) is 17.8. The maximum absolute atomic E-state index is 4.73. The Morgan fingerprint density at radius 2 is 1.81 bits per heavy atom. The summed E-state index contributed by atoms with van der Waals surface area (Å²) in [6.45, 7) is 5.38. The van der Waals surface area contributed by atoms with Crippen molar-refractivity contribution < 1.29 is 0 Å². The molecule has 0 bridgehead atoms. The maximum atomic E-state index is 4.73. The van der Waals surface area contributed by atoms with E-state index in [0.29, 0.717) is 5.92 Å². The Morgan fingerprint density at radius 3 is 2.65 bits per heavy atom. The fourth-order valence-electron chi connectivity index (χ4n) is 4.97. The number of hydrogen-bond acceptors (Lipinski definition) is 3. The highest BCUT2D eigenvalue weighted by molar-refractivity contribution is 5.89. The van der Waals surface area contributed by atoms with Crippen molar-refractivity contribution in [3.8, 4) is 0 Å². The molecule has 1 aliphatic heterocycles. The van der Waals surface area contributed by atoms with Gasteiger partial charge in [-0.1, -0.05) is 56.3 Å². The average molecular weight is 408 g/mol. The molecule has 0 fully saturated rings. The first-order valence-corrected chi connectivity index (χ1v) is 10.9. The lowest BCUT2D eigenvalue weighted by molar-refractivity contribution is 0.637. The zero-order valence-corrected chi connectivity index (χ0v) is 17.8. The van der Waals surface area contributed by atoms with Gasteiger partial charge in [-0.15, -0.1) is 0 Å². The highest BCUT2D eigenvalue weighted by Gasteiger charge is 2.33. The fraction of sp³-hybridized carbons (Fsp3) is 0.231. The van der Waals surface area contributed by atoms with Crippen LogP contribution in [0.4, 0.5) is 5.82 Å². The Kier molecular flexibility index (Phi) is 4.10. The molecule has 2 aromatic carbocycles. The zero-order chi connectivity index (χ0) is 20.9. The summed E-state index contributed by atoms with van der Waals surface area (Å²) in [6.07, 6.45) is 4.58. The molecule has 6 rings (SSSR count). The van der Waals surface area contributed by atoms with Crippen LogP contribution in [0.15, 0.2) is 67.1 Å². The van der Waals surface area contributed by atoms with Crippen molar-refractivity contribution >= 4 is 27.8 Å². The highest BCUT2D eigenvalue weighted by atomic mass is 15.2. The molecule has 4 heterocycles. The van der Waals surface area contributed by atoms with E-state index in [4.69, 9.17) is 4.98 Å². The van der Waals surface area contributed by atoms with Gasteiger partial charge >= 0.3 is 0 Å². The second-order valence-corrected chi connectivity index (χ2v) is 8.67. The quantitative estimate of drug-likeness (QED) is 0.402. The predicted molar refractivity (Wildman–Crippen MR) is 126 cm³/mol. The molecule has 0 spiro atoms. The van der Waals surface area contributed by atoms with Crippen LogP contribution >= 0.6 is 0 Å². The van der Waals surface area contributed by atoms with Crippen molar-refractivity contribution in [3.63, 3.8) is 0 Å². The SMILES string of the molecule is CC(C)c1ccc(C2c3[nH]c4ccccc4c3CCN2c2ncnc3[nH]ccc23)cc1. The Balaban J connectivity index is 1.56. The van der Waals surface area contributed by atoms with E-state index in [0.717, 1.165) is 29.8 Å². The van der Waals surface area contributed by atoms with E-state index in [2.05, 4.69) is 88.3 Å². The summed E-state index contributed by atoms with van der Waals surface area (Å²) in [7, 11) is 0. The molecule has 0 radical (unpaired) electrons. The third-order valence-corrected chi connectivity index (χ3v) is 6.56. The molecule has 5 aromatic rings. The topological polar surface area (TPSA) is 60.6 Å². The number of aromatic nitrogens is 4. The Labute approximate surface area is 181 Å². The lowest BCUT2D eigenvalue weighted by Gasteiger charge is -2.37. The van der Waals surface area contributed by atoms with Crippen LogP contribution < -0.4 is 4.90 Å². The number of para-hydroxylation sites is 1. The molecule has 154 valence electrons. The Hall–Kier alpha value is -3.60. The molecule has 3 aromatic heterocycles. The lowest BCUT2D eigenvalue weighted by atomic mass is 9.91. The van der Waals surface area contributed by atoms with Gasteiger partial charge in [-0.05, 0) is 41.2 Å². The van der Waals surface area contributed by atoms with Gasteiger partial charge in [0.25, 0.3) is 0 Å². The number of fused-ring (bicyclic) bond motifs is 4. The number of nitrogens with zero attached hydrogens (tertiary/aromatic N) is 3. The molecular formula is C26H25N5. The molecule has 0 amide bonds. The number of rotatable bonds is 3. The third kappa shape index (κ3) is 2.84. The van der Waals surface area contributed by atoms with E-state index in [1.165, 1.54) is 33.3 Å². The van der Waals surface area contributed by atoms with Crippen molar-refractivity contribution in [3.05, 3.63) is 89.5 Å². The molecule has 0 saturated heterocycles. The van der Waals surface area contributed by atoms with Gasteiger partial charge in [0, 0.05) is 29.3 Å². The first kappa shape index (κ1) is 18.2. The first-order chi connectivity index (χ1) is 15.2. The van der Waals surface area contributed by atoms with Gasteiger partial charge in [-0.2, -0.15) is 0 Å². The minimum atomic E-state index is 0.0744. The summed E-state index contributed by atoms with van der Waals surface area (Å²) in [5, 5.41) is 2.39. The first-order valence-electron chi connectivity index (χ1n) is 10.9. The van der Waals surface area contributed by atoms with E-state index >= 15 is 0 Å². The number of aromatic amines is 2. The number of hydrogen-bond donors (Lipinski definition) is 2. The smallest absolute Gasteiger partial charge is 0.142 e. The van der Waals surface area contributed by atoms with E-state index in [1.807, 2.05) is 6.20 Å². The van der Waals surface area contributed by atoms with Crippen LogP contribution in [0.1, 0.15) is 48.2 Å². The van der Waals surface area contributed by atoms with Crippen LogP contribution in [0.5, 0.6) is 0 Å². The average Bonchev–Trinajstić information content (AvgIpc) is 3.43. The van der Waals surface area contributed by atoms with Gasteiger partial charge in [0.1, 0.15) is 17.8 Å². The van der Waals surface area contributed by atoms with Gasteiger partial charge in [-0.25, -0.2) is 9.97 Å². The molecule has 1 aliphatic rings. The molecule has 31 heavy (non-hydrogen) atoms. The van der Waals surface area contributed by atoms with Crippen LogP contribution in [0.3, 0.4) is 0 Å². The summed E-state index contributed by atoms with van der Waals surface area (Å²) in [5.41, 5.74) is 7.41. The van der Waals surface area contributed by atoms with Gasteiger partial charge in [0.05, 0.1) is 11.4 Å². The van der Waals surface area contributed by atoms with Crippen LogP contribution in [-0.4, -0.2) is 26.5 Å². The van der Waals surface area contributed by atoms with Gasteiger partial charge in [0.15, 0.2) is 0 Å². The summed E-state index contributed by atoms with van der Waals surface area (Å²) in [5.74, 6) is 1.50. The summed E-state index contributed by atoms with van der Waals surface area (Å²) >= 11 is 0. The van der Waals surface area contributed by atoms with E-state index in [-0.39, 0.29) is 6.04 Å². The predicted octanol–water partition coefficient (Wildman–Crippen LogP) is 5.71. The standard InChI is InChI=1S/C26H25N5/c1-16(2)17-7-9-18(10-8-17)24-23-20(19-5-3-4-6-22(19)30-23)12-14-31(24)26-21-11-13-27-25(21)28-15-29-26/h3-11,13,15-16,24,30H,12,14H2,1-2H3,(H,27,28,29). The molecule has 5 nitrogen and oxygen atoms in total. The molecule has 0 saturated carbocycles. The van der Waals surface area contributed by atoms with Crippen molar-refractivity contribution in [2.45, 2.75) is 32.2 Å². The largest absolute Gasteiger partial charge is 0.356 e. The van der Waals surface area contributed by atoms with E-state index < -0.39 is 0 Å². The lowest BCUT2D eigenvalue weighted by Crippen LogP contribution is -2.36. The second kappa shape index (κ2) is 6.98. The fourth-order valence-corrected chi connectivity index (χ4v) is 4.97. The molecule has 0 aliphatic carbocycles. The van der Waals surface area contributed by atoms with E-state index in [9.17, 15) is 0 Å². The van der Waals surface area contributed by atoms with Crippen molar-refractivity contribution in [2.24, 2.45) is 0 Å². The number of anilines is 1. The molecule has 5 heteroatoms. The van der Waals surface area contributed by atoms with Crippen LogP contribution in [0, 0.1) is 0 Å². The third-order valence-electron chi connectivity index (χ3n) is 6.56. The molecule has 1 atom stereocenters. The van der Waals surface area contributed by atoms with Crippen molar-refractivity contribution in [2.75, 3.05) is 11.4 Å². The Morgan fingerprint density at radius 1 is 0.968 bits per heavy atom. The minimum absolute atomic E-state index is 0.0744. The van der Waals surface area contributed by atoms with E-state index in [1.54, 1.807) is 6.33 Å². The normalized spacial score (nSPS) is 16.4. The van der Waals surface area contributed by atoms with Crippen LogP contribution in [0.25, 0.3) is 21.9 Å². The number of benzene rings is 2. The number of H-pyrrole nitrogens is 2. The van der Waals surface area contributed by atoms with Crippen LogP contribution in [0.2, 0.25) is 0 Å². The summed E-state index contributed by atoms with van der Waals surface area (Å²) in [4.78, 5) is 18.5. The summed E-state index contributed by atoms with van der Waals surface area (Å²) < 4.78 is 0. The Bertz CT molecular complexity index is 1380. The highest BCUT2D eigenvalue weighted by Crippen LogP contribution is 2.41. The molecular weight excluding hydrogens is 382 g/mol. The molecule has 1 unspecified atom stereocenters. The van der Waals surface area contributed by atoms with Gasteiger partial charge in [0.2, 0.25) is 0 Å². The van der Waals surface area contributed by atoms with Crippen LogP contribution in [-0.2, 0) is 6.42 Å². The van der Waals surface area contributed by atoms with Gasteiger partial charge < -0.3 is 14.9 Å². The number of nitrogens with one attached hydrogen (secondary N) is 2. The van der Waals surface area contributed by atoms with Gasteiger partial charge in [-0.3, -0.25) is 0 Å². The second-order valence-electron chi connectivity index (χ2n) is 8.67. The van der Waals surface area contributed by atoms with Crippen molar-refractivity contribution in [1.29, 1.82) is 0 Å². The molecule has 2 N–H and O–H groups in total.